The van der Waals surface area contributed by atoms with Crippen molar-refractivity contribution in [1.82, 2.24) is 0 Å². The van der Waals surface area contributed by atoms with E-state index in [0.717, 1.165) is 0 Å². The van der Waals surface area contributed by atoms with Crippen molar-refractivity contribution in [1.29, 1.82) is 5.41 Å². The smallest absolute Gasteiger partial charge is 0.329 e. The molecule has 0 saturated carbocycles. The second-order valence-corrected chi connectivity index (χ2v) is 1.61. The normalized spacial score (nSPS) is 28.4. The monoisotopic (exact) mass is 114 g/mol. The van der Waals surface area contributed by atoms with Crippen LogP contribution in [0.3, 0.4) is 0 Å². The number of hydrogen-bond donors (Lipinski definition) is 2. The summed E-state index contributed by atoms with van der Waals surface area (Å²) in [7, 11) is 0. The molecule has 0 radical (unpaired) electrons. The van der Waals surface area contributed by atoms with Crippen LogP contribution in [-0.4, -0.2) is 24.3 Å². The molecule has 0 aliphatic carbocycles. The second-order valence-electron chi connectivity index (χ2n) is 1.61. The fourth-order valence-electron chi connectivity index (χ4n) is 0.471. The fourth-order valence-corrected chi connectivity index (χ4v) is 0.471. The molecule has 0 aromatic rings. The van der Waals surface area contributed by atoms with Crippen LogP contribution in [0, 0.1) is 5.41 Å². The Hall–Kier alpha value is -0.900. The van der Waals surface area contributed by atoms with E-state index >= 15 is 0 Å². The van der Waals surface area contributed by atoms with E-state index in [2.05, 4.69) is 4.74 Å². The first kappa shape index (κ1) is 5.24. The fraction of sp³-hybridized carbons (Fsp3) is 0.500. The van der Waals surface area contributed by atoms with Crippen LogP contribution in [0.5, 0.6) is 0 Å². The molecule has 8 heavy (non-hydrogen) atoms. The Morgan fingerprint density at radius 3 is 2.62 bits per heavy atom. The lowest BCUT2D eigenvalue weighted by atomic mass is 10.2. The first-order valence-electron chi connectivity index (χ1n) is 2.21. The predicted octanol–water partition coefficient (Wildman–Crippen LogP) is -1.11. The number of hydrogen-bond acceptors (Lipinski definition) is 4. The van der Waals surface area contributed by atoms with E-state index in [0.29, 0.717) is 0 Å². The van der Waals surface area contributed by atoms with Crippen molar-refractivity contribution in [2.24, 2.45) is 5.73 Å². The molecule has 1 aliphatic rings. The molecule has 44 valence electrons. The summed E-state index contributed by atoms with van der Waals surface area (Å²) in [5, 5.41) is 6.91. The molecule has 1 unspecified atom stereocenters. The third kappa shape index (κ3) is 0.586. The van der Waals surface area contributed by atoms with Crippen LogP contribution < -0.4 is 5.73 Å². The van der Waals surface area contributed by atoms with E-state index in [-0.39, 0.29) is 12.3 Å². The number of rotatable bonds is 0. The minimum Gasteiger partial charge on any atom is -0.458 e. The Morgan fingerprint density at radius 1 is 1.88 bits per heavy atom. The summed E-state index contributed by atoms with van der Waals surface area (Å²) in [6, 6.07) is -0.796. The molecule has 0 bridgehead atoms. The molecule has 1 saturated heterocycles. The van der Waals surface area contributed by atoms with Gasteiger partial charge in [-0.2, -0.15) is 0 Å². The van der Waals surface area contributed by atoms with E-state index in [4.69, 9.17) is 11.1 Å². The van der Waals surface area contributed by atoms with Gasteiger partial charge in [-0.25, -0.2) is 4.79 Å². The Kier molecular flexibility index (Phi) is 1.02. The first-order chi connectivity index (χ1) is 3.72. The number of carbonyl (C=O) groups is 1. The molecular weight excluding hydrogens is 108 g/mol. The lowest BCUT2D eigenvalue weighted by Gasteiger charge is -1.90. The summed E-state index contributed by atoms with van der Waals surface area (Å²) < 4.78 is 4.39. The van der Waals surface area contributed by atoms with Crippen LogP contribution >= 0.6 is 0 Å². The van der Waals surface area contributed by atoms with Crippen molar-refractivity contribution in [3.05, 3.63) is 0 Å². The minimum absolute atomic E-state index is 0.0694. The van der Waals surface area contributed by atoms with Crippen LogP contribution in [0.25, 0.3) is 0 Å². The average molecular weight is 114 g/mol. The number of nitrogens with one attached hydrogen (secondary N) is 1. The molecule has 1 fully saturated rings. The van der Waals surface area contributed by atoms with Gasteiger partial charge < -0.3 is 15.9 Å². The standard InChI is InChI=1S/C4H6N2O2/c5-2-1-8-4(7)3(2)6/h3,5H,1,6H2. The molecule has 0 aromatic heterocycles. The molecule has 1 aliphatic heterocycles. The van der Waals surface area contributed by atoms with E-state index < -0.39 is 12.0 Å². The average Bonchev–Trinajstić information content (AvgIpc) is 1.98. The van der Waals surface area contributed by atoms with E-state index in [1.54, 1.807) is 0 Å². The number of esters is 1. The lowest BCUT2D eigenvalue weighted by Crippen LogP contribution is -2.31. The highest BCUT2D eigenvalue weighted by molar-refractivity contribution is 6.09. The number of nitrogens with two attached hydrogens (primary N) is 1. The molecule has 0 amide bonds. The van der Waals surface area contributed by atoms with E-state index in [1.165, 1.54) is 0 Å². The summed E-state index contributed by atoms with van der Waals surface area (Å²) in [4.78, 5) is 10.3. The lowest BCUT2D eigenvalue weighted by molar-refractivity contribution is -0.139. The maximum absolute atomic E-state index is 10.3. The third-order valence-electron chi connectivity index (χ3n) is 0.999. The zero-order chi connectivity index (χ0) is 6.15. The summed E-state index contributed by atoms with van der Waals surface area (Å²) >= 11 is 0. The largest absolute Gasteiger partial charge is 0.458 e. The zero-order valence-electron chi connectivity index (χ0n) is 4.18. The van der Waals surface area contributed by atoms with E-state index in [9.17, 15) is 4.79 Å². The van der Waals surface area contributed by atoms with Crippen LogP contribution in [0.15, 0.2) is 0 Å². The molecular formula is C4H6N2O2. The molecule has 3 N–H and O–H groups in total. The summed E-state index contributed by atoms with van der Waals surface area (Å²) in [6.45, 7) is 0.0694. The predicted molar refractivity (Wildman–Crippen MR) is 26.7 cm³/mol. The number of ether oxygens (including phenoxy) is 1. The Bertz CT molecular complexity index is 127. The van der Waals surface area contributed by atoms with Gasteiger partial charge in [0, 0.05) is 0 Å². The maximum Gasteiger partial charge on any atom is 0.329 e. The molecule has 1 rings (SSSR count). The van der Waals surface area contributed by atoms with Gasteiger partial charge in [-0.3, -0.25) is 0 Å². The molecule has 4 heteroatoms. The Balaban J connectivity index is 2.70. The summed E-state index contributed by atoms with van der Waals surface area (Å²) in [5.41, 5.74) is 5.28. The van der Waals surface area contributed by atoms with Crippen molar-refractivity contribution in [2.45, 2.75) is 6.04 Å². The van der Waals surface area contributed by atoms with Gasteiger partial charge in [0.25, 0.3) is 0 Å². The SMILES string of the molecule is N=C1COC(=O)C1N. The van der Waals surface area contributed by atoms with Gasteiger partial charge in [0.2, 0.25) is 0 Å². The second kappa shape index (κ2) is 1.56. The van der Waals surface area contributed by atoms with Crippen LogP contribution in [0.4, 0.5) is 0 Å². The number of carbonyl (C=O) groups excluding carboxylic acids is 1. The highest BCUT2D eigenvalue weighted by atomic mass is 16.5. The van der Waals surface area contributed by atoms with Crippen molar-refractivity contribution in [3.8, 4) is 0 Å². The highest BCUT2D eigenvalue weighted by Crippen LogP contribution is 1.97. The topological polar surface area (TPSA) is 76.2 Å². The summed E-state index contributed by atoms with van der Waals surface area (Å²) in [6.07, 6.45) is 0. The molecule has 0 aromatic carbocycles. The Morgan fingerprint density at radius 2 is 2.50 bits per heavy atom. The highest BCUT2D eigenvalue weighted by Gasteiger charge is 2.27. The first-order valence-corrected chi connectivity index (χ1v) is 2.21. The third-order valence-corrected chi connectivity index (χ3v) is 0.999. The van der Waals surface area contributed by atoms with Gasteiger partial charge in [0.05, 0.1) is 5.71 Å². The van der Waals surface area contributed by atoms with Crippen molar-refractivity contribution in [2.75, 3.05) is 6.61 Å². The Labute approximate surface area is 46.1 Å². The van der Waals surface area contributed by atoms with Gasteiger partial charge in [-0.15, -0.1) is 0 Å². The summed E-state index contributed by atoms with van der Waals surface area (Å²) in [5.74, 6) is -0.491. The zero-order valence-corrected chi connectivity index (χ0v) is 4.18. The minimum atomic E-state index is -0.796. The van der Waals surface area contributed by atoms with Gasteiger partial charge in [0.1, 0.15) is 12.6 Å². The van der Waals surface area contributed by atoms with Crippen LogP contribution in [-0.2, 0) is 9.53 Å². The molecule has 0 spiro atoms. The molecule has 4 nitrogen and oxygen atoms in total. The maximum atomic E-state index is 10.3. The van der Waals surface area contributed by atoms with Crippen LogP contribution in [0.1, 0.15) is 0 Å². The van der Waals surface area contributed by atoms with Crippen molar-refractivity contribution >= 4 is 11.7 Å². The van der Waals surface area contributed by atoms with Crippen molar-refractivity contribution in [3.63, 3.8) is 0 Å². The van der Waals surface area contributed by atoms with Crippen molar-refractivity contribution < 1.29 is 9.53 Å². The van der Waals surface area contributed by atoms with Crippen LogP contribution in [0.2, 0.25) is 0 Å². The van der Waals surface area contributed by atoms with Gasteiger partial charge in [-0.1, -0.05) is 0 Å². The van der Waals surface area contributed by atoms with Gasteiger partial charge in [-0.05, 0) is 0 Å². The molecule has 1 atom stereocenters. The number of cyclic esters (lactones) is 1. The quantitative estimate of drug-likeness (QED) is 0.392. The van der Waals surface area contributed by atoms with Gasteiger partial charge in [0.15, 0.2) is 0 Å². The van der Waals surface area contributed by atoms with E-state index in [1.807, 2.05) is 0 Å². The van der Waals surface area contributed by atoms with Gasteiger partial charge >= 0.3 is 5.97 Å². The molecule has 1 heterocycles.